The van der Waals surface area contributed by atoms with Crippen LogP contribution in [-0.4, -0.2) is 38.3 Å². The van der Waals surface area contributed by atoms with Gasteiger partial charge in [-0.05, 0) is 31.2 Å². The standard InChI is InChI=1S/C14H18N2O4/c1-3-20-12-6-4-11(5-7-12)16-9-10(8-13(16)17)15-14(18)19-2/h4-7,10H,3,8-9H2,1-2H3,(H,15,18). The lowest BCUT2D eigenvalue weighted by molar-refractivity contribution is -0.117. The van der Waals surface area contributed by atoms with Crippen LogP contribution < -0.4 is 15.0 Å². The Bertz CT molecular complexity index is 486. The molecule has 0 aromatic heterocycles. The quantitative estimate of drug-likeness (QED) is 0.907. The lowest BCUT2D eigenvalue weighted by atomic mass is 10.2. The second-order valence-corrected chi connectivity index (χ2v) is 4.47. The Kier molecular flexibility index (Phi) is 4.45. The van der Waals surface area contributed by atoms with Gasteiger partial charge in [0.2, 0.25) is 5.91 Å². The molecule has 2 rings (SSSR count). The molecular formula is C14H18N2O4. The fraction of sp³-hybridized carbons (Fsp3) is 0.429. The first-order valence-corrected chi connectivity index (χ1v) is 6.51. The number of ether oxygens (including phenoxy) is 2. The van der Waals surface area contributed by atoms with Gasteiger partial charge in [0, 0.05) is 18.7 Å². The van der Waals surface area contributed by atoms with E-state index in [4.69, 9.17) is 4.74 Å². The summed E-state index contributed by atoms with van der Waals surface area (Å²) in [4.78, 5) is 24.8. The van der Waals surface area contributed by atoms with E-state index in [9.17, 15) is 9.59 Å². The molecule has 1 atom stereocenters. The largest absolute Gasteiger partial charge is 0.494 e. The van der Waals surface area contributed by atoms with Crippen molar-refractivity contribution in [2.45, 2.75) is 19.4 Å². The van der Waals surface area contributed by atoms with E-state index >= 15 is 0 Å². The Morgan fingerprint density at radius 1 is 1.40 bits per heavy atom. The summed E-state index contributed by atoms with van der Waals surface area (Å²) in [6, 6.07) is 7.11. The smallest absolute Gasteiger partial charge is 0.407 e. The third-order valence-corrected chi connectivity index (χ3v) is 3.09. The number of anilines is 1. The molecule has 1 aromatic rings. The van der Waals surface area contributed by atoms with E-state index in [2.05, 4.69) is 10.1 Å². The van der Waals surface area contributed by atoms with Crippen LogP contribution in [0.25, 0.3) is 0 Å². The molecule has 0 aliphatic carbocycles. The number of carbonyl (C=O) groups is 2. The zero-order chi connectivity index (χ0) is 14.5. The Balaban J connectivity index is 2.02. The molecule has 2 amide bonds. The Morgan fingerprint density at radius 2 is 2.10 bits per heavy atom. The van der Waals surface area contributed by atoms with E-state index in [1.807, 2.05) is 31.2 Å². The highest BCUT2D eigenvalue weighted by molar-refractivity contribution is 5.96. The third-order valence-electron chi connectivity index (χ3n) is 3.09. The monoisotopic (exact) mass is 278 g/mol. The molecule has 1 N–H and O–H groups in total. The molecule has 1 unspecified atom stereocenters. The summed E-state index contributed by atoms with van der Waals surface area (Å²) >= 11 is 0. The summed E-state index contributed by atoms with van der Waals surface area (Å²) in [5.41, 5.74) is 0.799. The van der Waals surface area contributed by atoms with E-state index in [0.29, 0.717) is 13.2 Å². The minimum absolute atomic E-state index is 0.0180. The summed E-state index contributed by atoms with van der Waals surface area (Å²) in [5, 5.41) is 2.64. The van der Waals surface area contributed by atoms with E-state index in [-0.39, 0.29) is 18.4 Å². The topological polar surface area (TPSA) is 67.9 Å². The molecule has 1 aliphatic heterocycles. The summed E-state index contributed by atoms with van der Waals surface area (Å²) in [6.07, 6.45) is -0.237. The van der Waals surface area contributed by atoms with Crippen LogP contribution in [-0.2, 0) is 9.53 Å². The van der Waals surface area contributed by atoms with E-state index < -0.39 is 6.09 Å². The molecule has 1 aromatic carbocycles. The van der Waals surface area contributed by atoms with Crippen molar-refractivity contribution in [3.63, 3.8) is 0 Å². The first-order chi connectivity index (χ1) is 9.63. The number of rotatable bonds is 4. The number of nitrogens with zero attached hydrogens (tertiary/aromatic N) is 1. The lowest BCUT2D eigenvalue weighted by Gasteiger charge is -2.17. The van der Waals surface area contributed by atoms with Gasteiger partial charge in [-0.3, -0.25) is 4.79 Å². The minimum atomic E-state index is -0.517. The SMILES string of the molecule is CCOc1ccc(N2CC(NC(=O)OC)CC2=O)cc1. The average molecular weight is 278 g/mol. The highest BCUT2D eigenvalue weighted by Gasteiger charge is 2.31. The molecule has 1 saturated heterocycles. The maximum Gasteiger partial charge on any atom is 0.407 e. The van der Waals surface area contributed by atoms with E-state index in [0.717, 1.165) is 11.4 Å². The highest BCUT2D eigenvalue weighted by atomic mass is 16.5. The van der Waals surface area contributed by atoms with Crippen molar-refractivity contribution in [2.75, 3.05) is 25.2 Å². The molecule has 20 heavy (non-hydrogen) atoms. The maximum absolute atomic E-state index is 12.0. The number of benzene rings is 1. The second-order valence-electron chi connectivity index (χ2n) is 4.47. The van der Waals surface area contributed by atoms with Gasteiger partial charge >= 0.3 is 6.09 Å². The Morgan fingerprint density at radius 3 is 2.70 bits per heavy atom. The normalized spacial score (nSPS) is 18.0. The van der Waals surface area contributed by atoms with Gasteiger partial charge < -0.3 is 19.7 Å². The zero-order valence-corrected chi connectivity index (χ0v) is 11.6. The summed E-state index contributed by atoms with van der Waals surface area (Å²) in [5.74, 6) is 0.752. The van der Waals surface area contributed by atoms with Gasteiger partial charge in [0.05, 0.1) is 19.8 Å². The molecule has 0 radical (unpaired) electrons. The maximum atomic E-state index is 12.0. The minimum Gasteiger partial charge on any atom is -0.494 e. The predicted octanol–water partition coefficient (Wildman–Crippen LogP) is 1.55. The molecule has 1 aliphatic rings. The van der Waals surface area contributed by atoms with Crippen molar-refractivity contribution in [2.24, 2.45) is 0 Å². The average Bonchev–Trinajstić information content (AvgIpc) is 2.80. The fourth-order valence-corrected chi connectivity index (χ4v) is 2.17. The van der Waals surface area contributed by atoms with Gasteiger partial charge in [0.15, 0.2) is 0 Å². The first kappa shape index (κ1) is 14.2. The zero-order valence-electron chi connectivity index (χ0n) is 11.6. The van der Waals surface area contributed by atoms with Crippen LogP contribution in [0.2, 0.25) is 0 Å². The number of amides is 2. The second kappa shape index (κ2) is 6.27. The van der Waals surface area contributed by atoms with Gasteiger partial charge in [0.1, 0.15) is 5.75 Å². The number of hydrogen-bond donors (Lipinski definition) is 1. The van der Waals surface area contributed by atoms with E-state index in [1.165, 1.54) is 7.11 Å². The van der Waals surface area contributed by atoms with Gasteiger partial charge in [-0.1, -0.05) is 0 Å². The summed E-state index contributed by atoms with van der Waals surface area (Å²) < 4.78 is 9.90. The third kappa shape index (κ3) is 3.20. The molecular weight excluding hydrogens is 260 g/mol. The van der Waals surface area contributed by atoms with Crippen molar-refractivity contribution in [1.29, 1.82) is 0 Å². The Hall–Kier alpha value is -2.24. The molecule has 0 saturated carbocycles. The van der Waals surface area contributed by atoms with Crippen LogP contribution in [0.3, 0.4) is 0 Å². The van der Waals surface area contributed by atoms with Crippen LogP contribution in [0.15, 0.2) is 24.3 Å². The van der Waals surface area contributed by atoms with Crippen molar-refractivity contribution >= 4 is 17.7 Å². The number of alkyl carbamates (subject to hydrolysis) is 1. The van der Waals surface area contributed by atoms with Gasteiger partial charge in [-0.15, -0.1) is 0 Å². The fourth-order valence-electron chi connectivity index (χ4n) is 2.17. The predicted molar refractivity (Wildman–Crippen MR) is 73.9 cm³/mol. The number of hydrogen-bond acceptors (Lipinski definition) is 4. The summed E-state index contributed by atoms with van der Waals surface area (Å²) in [6.45, 7) is 2.97. The van der Waals surface area contributed by atoms with Crippen molar-refractivity contribution in [3.05, 3.63) is 24.3 Å². The van der Waals surface area contributed by atoms with Gasteiger partial charge in [-0.2, -0.15) is 0 Å². The molecule has 108 valence electrons. The molecule has 0 bridgehead atoms. The molecule has 0 spiro atoms. The summed E-state index contributed by atoms with van der Waals surface area (Å²) in [7, 11) is 1.30. The van der Waals surface area contributed by atoms with Crippen molar-refractivity contribution < 1.29 is 19.1 Å². The van der Waals surface area contributed by atoms with Crippen molar-refractivity contribution in [3.8, 4) is 5.75 Å². The van der Waals surface area contributed by atoms with Gasteiger partial charge in [0.25, 0.3) is 0 Å². The van der Waals surface area contributed by atoms with Crippen LogP contribution in [0.1, 0.15) is 13.3 Å². The van der Waals surface area contributed by atoms with Crippen LogP contribution in [0.4, 0.5) is 10.5 Å². The molecule has 6 heteroatoms. The first-order valence-electron chi connectivity index (χ1n) is 6.51. The van der Waals surface area contributed by atoms with E-state index in [1.54, 1.807) is 4.90 Å². The van der Waals surface area contributed by atoms with Crippen LogP contribution >= 0.6 is 0 Å². The van der Waals surface area contributed by atoms with Gasteiger partial charge in [-0.25, -0.2) is 4.79 Å². The van der Waals surface area contributed by atoms with Crippen LogP contribution in [0.5, 0.6) is 5.75 Å². The molecule has 1 heterocycles. The van der Waals surface area contributed by atoms with Crippen molar-refractivity contribution in [1.82, 2.24) is 5.32 Å². The highest BCUT2D eigenvalue weighted by Crippen LogP contribution is 2.24. The number of carbonyl (C=O) groups excluding carboxylic acids is 2. The number of nitrogens with one attached hydrogen (secondary N) is 1. The lowest BCUT2D eigenvalue weighted by Crippen LogP contribution is -2.37. The Labute approximate surface area is 117 Å². The molecule has 6 nitrogen and oxygen atoms in total. The number of methoxy groups -OCH3 is 1. The molecule has 1 fully saturated rings. The van der Waals surface area contributed by atoms with Crippen LogP contribution in [0, 0.1) is 0 Å².